The van der Waals surface area contributed by atoms with Crippen LogP contribution in [0, 0.1) is 6.92 Å². The SMILES string of the molecule is CCc1ccc(C(=O)C[C@@]2(O)C(=O)Nc3ccc(C)cc32)cc1. The van der Waals surface area contributed by atoms with Gasteiger partial charge in [-0.15, -0.1) is 0 Å². The first kappa shape index (κ1) is 15.4. The number of amides is 1. The summed E-state index contributed by atoms with van der Waals surface area (Å²) in [5.74, 6) is -0.795. The molecule has 2 aromatic rings. The molecule has 0 bridgehead atoms. The van der Waals surface area contributed by atoms with E-state index in [1.54, 1.807) is 24.3 Å². The zero-order valence-corrected chi connectivity index (χ0v) is 13.2. The number of hydrogen-bond acceptors (Lipinski definition) is 3. The lowest BCUT2D eigenvalue weighted by Gasteiger charge is -2.20. The number of carbonyl (C=O) groups excluding carboxylic acids is 2. The summed E-state index contributed by atoms with van der Waals surface area (Å²) in [6, 6.07) is 12.6. The Morgan fingerprint density at radius 1 is 1.17 bits per heavy atom. The maximum absolute atomic E-state index is 12.5. The van der Waals surface area contributed by atoms with Crippen LogP contribution in [0.4, 0.5) is 5.69 Å². The Morgan fingerprint density at radius 2 is 1.87 bits per heavy atom. The first-order valence-electron chi connectivity index (χ1n) is 7.71. The average molecular weight is 309 g/mol. The molecule has 2 aromatic carbocycles. The molecule has 1 amide bonds. The van der Waals surface area contributed by atoms with Crippen molar-refractivity contribution >= 4 is 17.4 Å². The summed E-state index contributed by atoms with van der Waals surface area (Å²) in [6.45, 7) is 3.93. The molecule has 0 unspecified atom stereocenters. The number of aliphatic hydroxyl groups is 1. The van der Waals surface area contributed by atoms with Gasteiger partial charge in [-0.05, 0) is 25.0 Å². The largest absolute Gasteiger partial charge is 0.375 e. The summed E-state index contributed by atoms with van der Waals surface area (Å²) in [4.78, 5) is 24.7. The molecular formula is C19H19NO3. The van der Waals surface area contributed by atoms with Crippen molar-refractivity contribution in [2.24, 2.45) is 0 Å². The van der Waals surface area contributed by atoms with Crippen LogP contribution in [0.15, 0.2) is 42.5 Å². The van der Waals surface area contributed by atoms with Gasteiger partial charge in [0.2, 0.25) is 0 Å². The molecule has 1 heterocycles. The number of fused-ring (bicyclic) bond motifs is 1. The minimum absolute atomic E-state index is 0.250. The van der Waals surface area contributed by atoms with Crippen LogP contribution in [0.2, 0.25) is 0 Å². The van der Waals surface area contributed by atoms with E-state index in [4.69, 9.17) is 0 Å². The van der Waals surface area contributed by atoms with E-state index < -0.39 is 11.5 Å². The van der Waals surface area contributed by atoms with Crippen LogP contribution in [-0.2, 0) is 16.8 Å². The molecule has 0 aromatic heterocycles. The lowest BCUT2D eigenvalue weighted by molar-refractivity contribution is -0.133. The van der Waals surface area contributed by atoms with Crippen molar-refractivity contribution in [2.75, 3.05) is 5.32 Å². The Labute approximate surface area is 135 Å². The van der Waals surface area contributed by atoms with E-state index >= 15 is 0 Å². The number of carbonyl (C=O) groups is 2. The fraction of sp³-hybridized carbons (Fsp3) is 0.263. The second-order valence-corrected chi connectivity index (χ2v) is 6.01. The fourth-order valence-electron chi connectivity index (χ4n) is 2.89. The molecule has 0 aliphatic carbocycles. The van der Waals surface area contributed by atoms with Gasteiger partial charge in [-0.2, -0.15) is 0 Å². The maximum atomic E-state index is 12.5. The summed E-state index contributed by atoms with van der Waals surface area (Å²) < 4.78 is 0. The third-order valence-corrected chi connectivity index (χ3v) is 4.35. The van der Waals surface area contributed by atoms with Crippen molar-refractivity contribution in [3.05, 3.63) is 64.7 Å². The topological polar surface area (TPSA) is 66.4 Å². The number of nitrogens with one attached hydrogen (secondary N) is 1. The second-order valence-electron chi connectivity index (χ2n) is 6.01. The van der Waals surface area contributed by atoms with Gasteiger partial charge in [0.15, 0.2) is 11.4 Å². The fourth-order valence-corrected chi connectivity index (χ4v) is 2.89. The van der Waals surface area contributed by atoms with E-state index in [1.165, 1.54) is 0 Å². The van der Waals surface area contributed by atoms with Crippen molar-refractivity contribution < 1.29 is 14.7 Å². The molecule has 0 radical (unpaired) electrons. The normalized spacial score (nSPS) is 19.3. The predicted octanol–water partition coefficient (Wildman–Crippen LogP) is 2.97. The van der Waals surface area contributed by atoms with E-state index in [-0.39, 0.29) is 12.2 Å². The molecule has 2 N–H and O–H groups in total. The Hall–Kier alpha value is -2.46. The minimum atomic E-state index is -1.80. The van der Waals surface area contributed by atoms with E-state index in [0.29, 0.717) is 16.8 Å². The number of rotatable bonds is 4. The minimum Gasteiger partial charge on any atom is -0.375 e. The second kappa shape index (κ2) is 5.63. The third-order valence-electron chi connectivity index (χ3n) is 4.35. The van der Waals surface area contributed by atoms with E-state index in [2.05, 4.69) is 5.32 Å². The number of aryl methyl sites for hydroxylation is 2. The van der Waals surface area contributed by atoms with Crippen LogP contribution in [0.5, 0.6) is 0 Å². The van der Waals surface area contributed by atoms with Gasteiger partial charge >= 0.3 is 0 Å². The Balaban J connectivity index is 1.90. The van der Waals surface area contributed by atoms with Crippen LogP contribution in [0.1, 0.15) is 40.4 Å². The number of benzene rings is 2. The predicted molar refractivity (Wildman–Crippen MR) is 88.5 cm³/mol. The maximum Gasteiger partial charge on any atom is 0.261 e. The molecule has 4 heteroatoms. The van der Waals surface area contributed by atoms with Gasteiger partial charge in [0, 0.05) is 16.8 Å². The van der Waals surface area contributed by atoms with Gasteiger partial charge in [-0.3, -0.25) is 9.59 Å². The molecule has 4 nitrogen and oxygen atoms in total. The van der Waals surface area contributed by atoms with Gasteiger partial charge in [-0.25, -0.2) is 0 Å². The number of Topliss-reactive ketones (excluding diaryl/α,β-unsaturated/α-hetero) is 1. The molecule has 0 saturated carbocycles. The Kier molecular flexibility index (Phi) is 3.78. The molecule has 118 valence electrons. The highest BCUT2D eigenvalue weighted by atomic mass is 16.3. The standard InChI is InChI=1S/C19H19NO3/c1-3-13-5-7-14(8-6-13)17(21)11-19(23)15-10-12(2)4-9-16(15)20-18(19)22/h4-10,23H,3,11H2,1-2H3,(H,20,22)/t19-/m0/s1. The highest BCUT2D eigenvalue weighted by molar-refractivity contribution is 6.09. The molecule has 0 saturated heterocycles. The number of hydrogen-bond donors (Lipinski definition) is 2. The van der Waals surface area contributed by atoms with Gasteiger partial charge in [-0.1, -0.05) is 48.9 Å². The van der Waals surface area contributed by atoms with Gasteiger partial charge < -0.3 is 10.4 Å². The number of anilines is 1. The third kappa shape index (κ3) is 2.66. The average Bonchev–Trinajstić information content (AvgIpc) is 2.79. The van der Waals surface area contributed by atoms with E-state index in [9.17, 15) is 14.7 Å². The zero-order valence-electron chi connectivity index (χ0n) is 13.2. The lowest BCUT2D eigenvalue weighted by atomic mass is 9.87. The summed E-state index contributed by atoms with van der Waals surface area (Å²) >= 11 is 0. The molecule has 1 aliphatic heterocycles. The van der Waals surface area contributed by atoms with E-state index in [1.807, 2.05) is 32.0 Å². The molecule has 1 atom stereocenters. The first-order valence-corrected chi connectivity index (χ1v) is 7.71. The van der Waals surface area contributed by atoms with Gasteiger partial charge in [0.1, 0.15) is 0 Å². The van der Waals surface area contributed by atoms with Crippen molar-refractivity contribution in [1.29, 1.82) is 0 Å². The molecule has 3 rings (SSSR count). The van der Waals surface area contributed by atoms with Crippen molar-refractivity contribution in [2.45, 2.75) is 32.3 Å². The highest BCUT2D eigenvalue weighted by Crippen LogP contribution is 2.39. The zero-order chi connectivity index (χ0) is 16.6. The summed E-state index contributed by atoms with van der Waals surface area (Å²) in [5, 5.41) is 13.5. The van der Waals surface area contributed by atoms with Gasteiger partial charge in [0.25, 0.3) is 5.91 Å². The molecule has 0 fully saturated rings. The Morgan fingerprint density at radius 3 is 2.52 bits per heavy atom. The number of ketones is 1. The van der Waals surface area contributed by atoms with Gasteiger partial charge in [0.05, 0.1) is 6.42 Å². The van der Waals surface area contributed by atoms with Crippen molar-refractivity contribution in [3.63, 3.8) is 0 Å². The van der Waals surface area contributed by atoms with Crippen LogP contribution < -0.4 is 5.32 Å². The summed E-state index contributed by atoms with van der Waals surface area (Å²) in [6.07, 6.45) is 0.633. The smallest absolute Gasteiger partial charge is 0.261 e. The highest BCUT2D eigenvalue weighted by Gasteiger charge is 2.46. The molecule has 0 spiro atoms. The monoisotopic (exact) mass is 309 g/mol. The summed E-state index contributed by atoms with van der Waals surface area (Å²) in [5.41, 5.74) is 1.81. The molecular weight excluding hydrogens is 290 g/mol. The van der Waals surface area contributed by atoms with Crippen molar-refractivity contribution in [1.82, 2.24) is 0 Å². The lowest BCUT2D eigenvalue weighted by Crippen LogP contribution is -2.36. The van der Waals surface area contributed by atoms with E-state index in [0.717, 1.165) is 17.5 Å². The van der Waals surface area contributed by atoms with Crippen LogP contribution >= 0.6 is 0 Å². The van der Waals surface area contributed by atoms with Crippen LogP contribution in [0.25, 0.3) is 0 Å². The quantitative estimate of drug-likeness (QED) is 0.853. The molecule has 23 heavy (non-hydrogen) atoms. The van der Waals surface area contributed by atoms with Crippen LogP contribution in [-0.4, -0.2) is 16.8 Å². The summed E-state index contributed by atoms with van der Waals surface area (Å²) in [7, 11) is 0. The van der Waals surface area contributed by atoms with Crippen LogP contribution in [0.3, 0.4) is 0 Å². The molecule has 1 aliphatic rings. The Bertz CT molecular complexity index is 780. The van der Waals surface area contributed by atoms with Crippen molar-refractivity contribution in [3.8, 4) is 0 Å². The first-order chi connectivity index (χ1) is 10.9.